The fourth-order valence-corrected chi connectivity index (χ4v) is 2.84. The molecule has 0 aromatic heterocycles. The van der Waals surface area contributed by atoms with E-state index in [1.165, 1.54) is 18.6 Å². The summed E-state index contributed by atoms with van der Waals surface area (Å²) in [7, 11) is 0. The van der Waals surface area contributed by atoms with Crippen molar-refractivity contribution in [2.45, 2.75) is 44.1 Å². The molecule has 114 valence electrons. The van der Waals surface area contributed by atoms with Crippen LogP contribution < -0.4 is 5.32 Å². The lowest BCUT2D eigenvalue weighted by molar-refractivity contribution is -0.126. The second-order valence-corrected chi connectivity index (χ2v) is 7.00. The van der Waals surface area contributed by atoms with Gasteiger partial charge in [0.05, 0.1) is 11.0 Å². The van der Waals surface area contributed by atoms with Crippen LogP contribution in [0.25, 0.3) is 0 Å². The summed E-state index contributed by atoms with van der Waals surface area (Å²) in [5, 5.41) is 3.25. The molecular formula is C17H23FN2O. The Bertz CT molecular complexity index is 530. The third-order valence-corrected chi connectivity index (χ3v) is 4.84. The average molecular weight is 290 g/mol. The van der Waals surface area contributed by atoms with Crippen LogP contribution in [0.15, 0.2) is 24.3 Å². The number of nitrogens with zero attached hydrogens (tertiary/aromatic N) is 1. The Balaban J connectivity index is 1.67. The van der Waals surface area contributed by atoms with Crippen LogP contribution in [0.5, 0.6) is 0 Å². The Hall–Kier alpha value is -1.42. The molecule has 3 rings (SSSR count). The molecule has 4 heteroatoms. The Morgan fingerprint density at radius 1 is 1.29 bits per heavy atom. The molecule has 1 saturated heterocycles. The van der Waals surface area contributed by atoms with Gasteiger partial charge in [0, 0.05) is 6.54 Å². The van der Waals surface area contributed by atoms with Gasteiger partial charge in [-0.2, -0.15) is 0 Å². The molecule has 1 saturated carbocycles. The first kappa shape index (κ1) is 14.5. The standard InChI is InChI=1S/C17H23FN2O/c1-16(2,13-4-6-14(18)7-5-13)15(21)19-17(8-9-17)12-20-10-3-11-20/h4-7H,3,8-12H2,1-2H3,(H,19,21). The van der Waals surface area contributed by atoms with E-state index in [4.69, 9.17) is 0 Å². The number of hydrogen-bond acceptors (Lipinski definition) is 2. The van der Waals surface area contributed by atoms with E-state index >= 15 is 0 Å². The number of amides is 1. The van der Waals surface area contributed by atoms with Crippen LogP contribution in [0.3, 0.4) is 0 Å². The van der Waals surface area contributed by atoms with Crippen LogP contribution in [-0.4, -0.2) is 36.0 Å². The SMILES string of the molecule is CC(C)(C(=O)NC1(CN2CCC2)CC1)c1ccc(F)cc1. The predicted octanol–water partition coefficient (Wildman–Crippen LogP) is 2.46. The molecule has 1 aliphatic carbocycles. The predicted molar refractivity (Wildman–Crippen MR) is 80.6 cm³/mol. The molecule has 0 spiro atoms. The Morgan fingerprint density at radius 3 is 2.38 bits per heavy atom. The van der Waals surface area contributed by atoms with Gasteiger partial charge in [0.15, 0.2) is 0 Å². The molecule has 0 unspecified atom stereocenters. The number of rotatable bonds is 5. The summed E-state index contributed by atoms with van der Waals surface area (Å²) in [5.41, 5.74) is 0.189. The van der Waals surface area contributed by atoms with Crippen molar-refractivity contribution in [1.82, 2.24) is 10.2 Å². The highest BCUT2D eigenvalue weighted by molar-refractivity contribution is 5.88. The number of halogens is 1. The normalized spacial score (nSPS) is 20.7. The third-order valence-electron chi connectivity index (χ3n) is 4.84. The maximum absolute atomic E-state index is 13.0. The fraction of sp³-hybridized carbons (Fsp3) is 0.588. The molecule has 1 N–H and O–H groups in total. The molecule has 1 heterocycles. The van der Waals surface area contributed by atoms with Gasteiger partial charge < -0.3 is 10.2 Å². The lowest BCUT2D eigenvalue weighted by Gasteiger charge is -2.36. The Labute approximate surface area is 125 Å². The smallest absolute Gasteiger partial charge is 0.230 e. The van der Waals surface area contributed by atoms with Crippen LogP contribution in [-0.2, 0) is 10.2 Å². The van der Waals surface area contributed by atoms with Crippen LogP contribution in [0.1, 0.15) is 38.7 Å². The highest BCUT2D eigenvalue weighted by atomic mass is 19.1. The molecule has 21 heavy (non-hydrogen) atoms. The zero-order valence-electron chi connectivity index (χ0n) is 12.8. The van der Waals surface area contributed by atoms with E-state index in [9.17, 15) is 9.18 Å². The van der Waals surface area contributed by atoms with Crippen molar-refractivity contribution in [3.05, 3.63) is 35.6 Å². The largest absolute Gasteiger partial charge is 0.349 e. The van der Waals surface area contributed by atoms with E-state index in [0.717, 1.165) is 38.0 Å². The second-order valence-electron chi connectivity index (χ2n) is 7.00. The van der Waals surface area contributed by atoms with E-state index in [2.05, 4.69) is 10.2 Å². The molecule has 1 aliphatic heterocycles. The van der Waals surface area contributed by atoms with Crippen molar-refractivity contribution in [2.75, 3.05) is 19.6 Å². The lowest BCUT2D eigenvalue weighted by Crippen LogP contribution is -2.53. The third kappa shape index (κ3) is 2.95. The van der Waals surface area contributed by atoms with Crippen molar-refractivity contribution < 1.29 is 9.18 Å². The average Bonchev–Trinajstić information content (AvgIpc) is 3.15. The minimum Gasteiger partial charge on any atom is -0.349 e. The summed E-state index contributed by atoms with van der Waals surface area (Å²) in [6, 6.07) is 6.22. The first-order valence-corrected chi connectivity index (χ1v) is 7.72. The summed E-state index contributed by atoms with van der Waals surface area (Å²) < 4.78 is 13.0. The number of hydrogen-bond donors (Lipinski definition) is 1. The first-order chi connectivity index (χ1) is 9.91. The molecule has 3 nitrogen and oxygen atoms in total. The highest BCUT2D eigenvalue weighted by Crippen LogP contribution is 2.38. The number of likely N-dealkylation sites (tertiary alicyclic amines) is 1. The van der Waals surface area contributed by atoms with Gasteiger partial charge in [0.25, 0.3) is 0 Å². The fourth-order valence-electron chi connectivity index (χ4n) is 2.84. The quantitative estimate of drug-likeness (QED) is 0.903. The number of nitrogens with one attached hydrogen (secondary N) is 1. The van der Waals surface area contributed by atoms with Crippen molar-refractivity contribution in [3.63, 3.8) is 0 Å². The number of benzene rings is 1. The van der Waals surface area contributed by atoms with Crippen molar-refractivity contribution in [1.29, 1.82) is 0 Å². The van der Waals surface area contributed by atoms with Gasteiger partial charge in [0.2, 0.25) is 5.91 Å². The first-order valence-electron chi connectivity index (χ1n) is 7.72. The molecule has 0 atom stereocenters. The minimum absolute atomic E-state index is 0.0190. The topological polar surface area (TPSA) is 32.3 Å². The summed E-state index contributed by atoms with van der Waals surface area (Å²) >= 11 is 0. The van der Waals surface area contributed by atoms with Gasteiger partial charge in [-0.15, -0.1) is 0 Å². The van der Waals surface area contributed by atoms with Crippen LogP contribution in [0.4, 0.5) is 4.39 Å². The molecule has 0 bridgehead atoms. The number of carbonyl (C=O) groups excluding carboxylic acids is 1. The summed E-state index contributed by atoms with van der Waals surface area (Å²) in [6.07, 6.45) is 3.40. The Kier molecular flexibility index (Phi) is 3.52. The van der Waals surface area contributed by atoms with Crippen LogP contribution in [0, 0.1) is 5.82 Å². The van der Waals surface area contributed by atoms with E-state index < -0.39 is 5.41 Å². The molecule has 2 fully saturated rings. The summed E-state index contributed by atoms with van der Waals surface area (Å²) in [5.74, 6) is -0.237. The van der Waals surface area contributed by atoms with Gasteiger partial charge >= 0.3 is 0 Å². The molecule has 0 radical (unpaired) electrons. The lowest BCUT2D eigenvalue weighted by atomic mass is 9.83. The van der Waals surface area contributed by atoms with Crippen molar-refractivity contribution in [2.24, 2.45) is 0 Å². The molecule has 1 aromatic rings. The summed E-state index contributed by atoms with van der Waals surface area (Å²) in [6.45, 7) is 7.07. The molecule has 1 aromatic carbocycles. The molecular weight excluding hydrogens is 267 g/mol. The van der Waals surface area contributed by atoms with Gasteiger partial charge in [-0.1, -0.05) is 12.1 Å². The van der Waals surface area contributed by atoms with Gasteiger partial charge in [-0.25, -0.2) is 4.39 Å². The summed E-state index contributed by atoms with van der Waals surface area (Å²) in [4.78, 5) is 15.1. The highest BCUT2D eigenvalue weighted by Gasteiger charge is 2.48. The van der Waals surface area contributed by atoms with E-state index in [-0.39, 0.29) is 17.3 Å². The van der Waals surface area contributed by atoms with Crippen LogP contribution in [0.2, 0.25) is 0 Å². The monoisotopic (exact) mass is 290 g/mol. The van der Waals surface area contributed by atoms with Crippen LogP contribution >= 0.6 is 0 Å². The Morgan fingerprint density at radius 2 is 1.90 bits per heavy atom. The maximum Gasteiger partial charge on any atom is 0.230 e. The zero-order chi connectivity index (χ0) is 15.1. The van der Waals surface area contributed by atoms with Crippen molar-refractivity contribution in [3.8, 4) is 0 Å². The maximum atomic E-state index is 13.0. The van der Waals surface area contributed by atoms with Gasteiger partial charge in [-0.05, 0) is 63.9 Å². The van der Waals surface area contributed by atoms with E-state index in [0.29, 0.717) is 0 Å². The minimum atomic E-state index is -0.641. The van der Waals surface area contributed by atoms with Gasteiger partial charge in [-0.3, -0.25) is 4.79 Å². The van der Waals surface area contributed by atoms with Gasteiger partial charge in [0.1, 0.15) is 5.82 Å². The second kappa shape index (κ2) is 5.09. The van der Waals surface area contributed by atoms with Crippen molar-refractivity contribution >= 4 is 5.91 Å². The molecule has 2 aliphatic rings. The molecule has 1 amide bonds. The zero-order valence-corrected chi connectivity index (χ0v) is 12.8. The number of carbonyl (C=O) groups is 1. The van der Waals surface area contributed by atoms with E-state index in [1.54, 1.807) is 12.1 Å². The van der Waals surface area contributed by atoms with E-state index in [1.807, 2.05) is 13.8 Å².